The Hall–Kier alpha value is -0.590. The van der Waals surface area contributed by atoms with Crippen molar-refractivity contribution < 1.29 is 28.3 Å². The molecule has 0 saturated carbocycles. The Kier molecular flexibility index (Phi) is 3.47. The predicted octanol–water partition coefficient (Wildman–Crippen LogP) is 1.61. The Bertz CT molecular complexity index is 464. The highest BCUT2D eigenvalue weighted by atomic mass is 32.1. The SMILES string of the molecule is Cc1sc(C)c2c1OCC(COP(=O)(O)O)O2. The predicted molar refractivity (Wildman–Crippen MR) is 61.7 cm³/mol. The molecular weight excluding hydrogens is 267 g/mol. The molecule has 0 saturated heterocycles. The van der Waals surface area contributed by atoms with E-state index >= 15 is 0 Å². The van der Waals surface area contributed by atoms with Gasteiger partial charge in [0.05, 0.1) is 6.61 Å². The maximum atomic E-state index is 10.6. The molecule has 0 fully saturated rings. The fourth-order valence-corrected chi connectivity index (χ4v) is 2.88. The molecule has 8 heteroatoms. The lowest BCUT2D eigenvalue weighted by Gasteiger charge is -2.25. The van der Waals surface area contributed by atoms with Crippen molar-refractivity contribution in [1.29, 1.82) is 0 Å². The zero-order valence-corrected chi connectivity index (χ0v) is 11.1. The topological polar surface area (TPSA) is 85.2 Å². The van der Waals surface area contributed by atoms with E-state index < -0.39 is 13.9 Å². The van der Waals surface area contributed by atoms with Crippen LogP contribution in [-0.2, 0) is 9.09 Å². The minimum Gasteiger partial charge on any atom is -0.485 e. The molecule has 0 spiro atoms. The molecule has 1 aliphatic heterocycles. The first kappa shape index (κ1) is 12.9. The maximum absolute atomic E-state index is 10.6. The first-order valence-corrected chi connectivity index (χ1v) is 7.31. The molecule has 1 atom stereocenters. The second-order valence-corrected chi connectivity index (χ2v) is 6.38. The maximum Gasteiger partial charge on any atom is 0.469 e. The number of aryl methyl sites for hydroxylation is 2. The van der Waals surface area contributed by atoms with Crippen LogP contribution < -0.4 is 9.47 Å². The van der Waals surface area contributed by atoms with Crippen molar-refractivity contribution in [1.82, 2.24) is 0 Å². The minimum atomic E-state index is -4.46. The number of phosphoric ester groups is 1. The standard InChI is InChI=1S/C9H13O6PS/c1-5-8-9(6(2)17-5)15-7(3-13-8)4-14-16(10,11)12/h7H,3-4H2,1-2H3,(H2,10,11,12). The van der Waals surface area contributed by atoms with Gasteiger partial charge in [-0.2, -0.15) is 0 Å². The van der Waals surface area contributed by atoms with Gasteiger partial charge in [0.25, 0.3) is 0 Å². The van der Waals surface area contributed by atoms with Crippen molar-refractivity contribution in [2.24, 2.45) is 0 Å². The van der Waals surface area contributed by atoms with Crippen LogP contribution in [0.3, 0.4) is 0 Å². The zero-order chi connectivity index (χ0) is 12.6. The van der Waals surface area contributed by atoms with E-state index in [-0.39, 0.29) is 13.2 Å². The second-order valence-electron chi connectivity index (χ2n) is 3.71. The van der Waals surface area contributed by atoms with Crippen LogP contribution in [0.4, 0.5) is 0 Å². The smallest absolute Gasteiger partial charge is 0.469 e. The molecular formula is C9H13O6PS. The highest BCUT2D eigenvalue weighted by Crippen LogP contribution is 2.44. The van der Waals surface area contributed by atoms with Gasteiger partial charge in [-0.25, -0.2) is 4.57 Å². The normalized spacial score (nSPS) is 19.4. The van der Waals surface area contributed by atoms with E-state index in [1.165, 1.54) is 0 Å². The summed E-state index contributed by atoms with van der Waals surface area (Å²) in [6.45, 7) is 3.88. The summed E-state index contributed by atoms with van der Waals surface area (Å²) >= 11 is 1.57. The van der Waals surface area contributed by atoms with Crippen molar-refractivity contribution in [3.63, 3.8) is 0 Å². The Balaban J connectivity index is 2.04. The largest absolute Gasteiger partial charge is 0.485 e. The summed E-state index contributed by atoms with van der Waals surface area (Å²) in [7, 11) is -4.46. The molecule has 1 aromatic rings. The van der Waals surface area contributed by atoms with Crippen LogP contribution in [0, 0.1) is 13.8 Å². The van der Waals surface area contributed by atoms with E-state index in [0.29, 0.717) is 5.75 Å². The van der Waals surface area contributed by atoms with Crippen LogP contribution in [0.25, 0.3) is 0 Å². The molecule has 1 aliphatic rings. The Morgan fingerprint density at radius 1 is 1.41 bits per heavy atom. The van der Waals surface area contributed by atoms with Crippen LogP contribution in [-0.4, -0.2) is 29.1 Å². The third-order valence-corrected chi connectivity index (χ3v) is 3.75. The number of phosphoric acid groups is 1. The molecule has 0 aliphatic carbocycles. The molecule has 0 amide bonds. The van der Waals surface area contributed by atoms with E-state index in [1.807, 2.05) is 13.8 Å². The number of hydrogen-bond acceptors (Lipinski definition) is 5. The van der Waals surface area contributed by atoms with Gasteiger partial charge in [-0.15, -0.1) is 11.3 Å². The second kappa shape index (κ2) is 4.59. The third kappa shape index (κ3) is 3.00. The van der Waals surface area contributed by atoms with Gasteiger partial charge in [0.2, 0.25) is 0 Å². The van der Waals surface area contributed by atoms with Gasteiger partial charge >= 0.3 is 7.82 Å². The molecule has 2 rings (SSSR count). The molecule has 0 bridgehead atoms. The zero-order valence-electron chi connectivity index (χ0n) is 9.37. The van der Waals surface area contributed by atoms with Crippen LogP contribution >= 0.6 is 19.2 Å². The average molecular weight is 280 g/mol. The Morgan fingerprint density at radius 2 is 2.06 bits per heavy atom. The summed E-state index contributed by atoms with van der Waals surface area (Å²) in [5, 5.41) is 0. The van der Waals surface area contributed by atoms with Crippen molar-refractivity contribution in [2.45, 2.75) is 20.0 Å². The molecule has 0 radical (unpaired) electrons. The first-order valence-electron chi connectivity index (χ1n) is 4.96. The van der Waals surface area contributed by atoms with Gasteiger partial charge in [-0.1, -0.05) is 0 Å². The molecule has 96 valence electrons. The lowest BCUT2D eigenvalue weighted by Crippen LogP contribution is -2.33. The van der Waals surface area contributed by atoms with Crippen LogP contribution in [0.15, 0.2) is 0 Å². The average Bonchev–Trinajstić information content (AvgIpc) is 2.51. The molecule has 1 unspecified atom stereocenters. The van der Waals surface area contributed by atoms with Gasteiger partial charge in [0.1, 0.15) is 6.61 Å². The van der Waals surface area contributed by atoms with Crippen molar-refractivity contribution >= 4 is 19.2 Å². The van der Waals surface area contributed by atoms with Crippen molar-refractivity contribution in [3.05, 3.63) is 9.75 Å². The van der Waals surface area contributed by atoms with E-state index in [4.69, 9.17) is 19.3 Å². The number of fused-ring (bicyclic) bond motifs is 1. The summed E-state index contributed by atoms with van der Waals surface area (Å²) in [5.74, 6) is 1.37. The molecule has 2 N–H and O–H groups in total. The van der Waals surface area contributed by atoms with Gasteiger partial charge < -0.3 is 19.3 Å². The van der Waals surface area contributed by atoms with E-state index in [2.05, 4.69) is 4.52 Å². The Labute approximate surface area is 102 Å². The van der Waals surface area contributed by atoms with Crippen LogP contribution in [0.5, 0.6) is 11.5 Å². The monoisotopic (exact) mass is 280 g/mol. The van der Waals surface area contributed by atoms with E-state index in [1.54, 1.807) is 11.3 Å². The summed E-state index contributed by atoms with van der Waals surface area (Å²) in [6, 6.07) is 0. The first-order chi connectivity index (χ1) is 7.87. The van der Waals surface area contributed by atoms with Gasteiger partial charge in [0.15, 0.2) is 17.6 Å². The lowest BCUT2D eigenvalue weighted by atomic mass is 10.3. The molecule has 6 nitrogen and oxygen atoms in total. The van der Waals surface area contributed by atoms with E-state index in [0.717, 1.165) is 15.5 Å². The summed E-state index contributed by atoms with van der Waals surface area (Å²) in [6.07, 6.45) is -0.497. The number of hydrogen-bond donors (Lipinski definition) is 2. The van der Waals surface area contributed by atoms with E-state index in [9.17, 15) is 4.57 Å². The number of ether oxygens (including phenoxy) is 2. The molecule has 17 heavy (non-hydrogen) atoms. The van der Waals surface area contributed by atoms with Crippen molar-refractivity contribution in [2.75, 3.05) is 13.2 Å². The highest BCUT2D eigenvalue weighted by Gasteiger charge is 2.28. The quantitative estimate of drug-likeness (QED) is 0.818. The van der Waals surface area contributed by atoms with Gasteiger partial charge in [0, 0.05) is 9.75 Å². The number of thiophene rings is 1. The molecule has 2 heterocycles. The van der Waals surface area contributed by atoms with Crippen LogP contribution in [0.2, 0.25) is 0 Å². The Morgan fingerprint density at radius 3 is 2.71 bits per heavy atom. The highest BCUT2D eigenvalue weighted by molar-refractivity contribution is 7.46. The minimum absolute atomic E-state index is 0.196. The summed E-state index contributed by atoms with van der Waals surface area (Å²) < 4.78 is 26.1. The third-order valence-electron chi connectivity index (χ3n) is 2.28. The summed E-state index contributed by atoms with van der Waals surface area (Å²) in [5.41, 5.74) is 0. The molecule has 1 aromatic heterocycles. The molecule has 0 aromatic carbocycles. The van der Waals surface area contributed by atoms with Gasteiger partial charge in [-0.3, -0.25) is 4.52 Å². The fraction of sp³-hybridized carbons (Fsp3) is 0.556. The van der Waals surface area contributed by atoms with Gasteiger partial charge in [-0.05, 0) is 13.8 Å². The summed E-state index contributed by atoms with van der Waals surface area (Å²) in [4.78, 5) is 19.2. The number of rotatable bonds is 3. The van der Waals surface area contributed by atoms with Crippen LogP contribution in [0.1, 0.15) is 9.75 Å². The lowest BCUT2D eigenvalue weighted by molar-refractivity contribution is 0.0428. The fourth-order valence-electron chi connectivity index (χ4n) is 1.59. The van der Waals surface area contributed by atoms with Crippen molar-refractivity contribution in [3.8, 4) is 11.5 Å².